The van der Waals surface area contributed by atoms with Crippen LogP contribution in [-0.4, -0.2) is 50.2 Å². The molecule has 2 saturated heterocycles. The fourth-order valence-corrected chi connectivity index (χ4v) is 3.56. The van der Waals surface area contributed by atoms with Crippen molar-refractivity contribution < 1.29 is 18.7 Å². The fourth-order valence-electron chi connectivity index (χ4n) is 3.46. The van der Waals surface area contributed by atoms with Crippen LogP contribution in [0.1, 0.15) is 19.3 Å². The molecule has 1 N–H and O–H groups in total. The van der Waals surface area contributed by atoms with E-state index < -0.39 is 18.0 Å². The van der Waals surface area contributed by atoms with Crippen molar-refractivity contribution >= 4 is 35.0 Å². The molecule has 2 amide bonds. The van der Waals surface area contributed by atoms with Gasteiger partial charge in [0.25, 0.3) is 0 Å². The molecule has 29 heavy (non-hydrogen) atoms. The van der Waals surface area contributed by atoms with E-state index in [-0.39, 0.29) is 24.9 Å². The van der Waals surface area contributed by atoms with Gasteiger partial charge in [-0.15, -0.1) is 11.6 Å². The predicted molar refractivity (Wildman–Crippen MR) is 108 cm³/mol. The van der Waals surface area contributed by atoms with Crippen LogP contribution in [0.25, 0.3) is 0 Å². The SMILES string of the molecule is N#CCC=C1CCN(c2ccc(N3C[C@H](CNC(=O)CCl)OC3=O)cc2F)CC1. The molecule has 0 bridgehead atoms. The Morgan fingerprint density at radius 3 is 2.83 bits per heavy atom. The summed E-state index contributed by atoms with van der Waals surface area (Å²) in [6.07, 6.45) is 2.86. The lowest BCUT2D eigenvalue weighted by Gasteiger charge is -2.31. The third-order valence-corrected chi connectivity index (χ3v) is 5.24. The number of benzene rings is 1. The van der Waals surface area contributed by atoms with E-state index in [1.165, 1.54) is 16.5 Å². The zero-order valence-electron chi connectivity index (χ0n) is 15.9. The maximum absolute atomic E-state index is 14.8. The minimum absolute atomic E-state index is 0.157. The van der Waals surface area contributed by atoms with E-state index in [1.54, 1.807) is 12.1 Å². The Morgan fingerprint density at radius 2 is 2.17 bits per heavy atom. The summed E-state index contributed by atoms with van der Waals surface area (Å²) in [6.45, 7) is 1.74. The first-order valence-corrected chi connectivity index (χ1v) is 9.95. The Morgan fingerprint density at radius 1 is 1.41 bits per heavy atom. The quantitative estimate of drug-likeness (QED) is 0.565. The molecule has 2 heterocycles. The summed E-state index contributed by atoms with van der Waals surface area (Å²) < 4.78 is 20.0. The summed E-state index contributed by atoms with van der Waals surface area (Å²) in [6, 6.07) is 6.80. The zero-order chi connectivity index (χ0) is 20.8. The van der Waals surface area contributed by atoms with Gasteiger partial charge in [-0.1, -0.05) is 11.6 Å². The number of piperidine rings is 1. The van der Waals surface area contributed by atoms with Gasteiger partial charge in [-0.25, -0.2) is 9.18 Å². The average molecular weight is 421 g/mol. The van der Waals surface area contributed by atoms with E-state index in [0.717, 1.165) is 12.8 Å². The number of anilines is 2. The highest BCUT2D eigenvalue weighted by Crippen LogP contribution is 2.30. The largest absolute Gasteiger partial charge is 0.442 e. The lowest BCUT2D eigenvalue weighted by Crippen LogP contribution is -2.35. The number of ether oxygens (including phenoxy) is 1. The molecule has 0 radical (unpaired) electrons. The monoisotopic (exact) mass is 420 g/mol. The second-order valence-electron chi connectivity index (χ2n) is 6.90. The Labute approximate surface area is 173 Å². The van der Waals surface area contributed by atoms with Gasteiger partial charge in [-0.2, -0.15) is 5.26 Å². The normalized spacial score (nSPS) is 19.0. The maximum Gasteiger partial charge on any atom is 0.414 e. The number of nitriles is 1. The van der Waals surface area contributed by atoms with Crippen LogP contribution in [0.2, 0.25) is 0 Å². The lowest BCUT2D eigenvalue weighted by atomic mass is 10.0. The molecular formula is C20H22ClFN4O3. The molecule has 1 aromatic carbocycles. The van der Waals surface area contributed by atoms with Crippen molar-refractivity contribution in [3.63, 3.8) is 0 Å². The molecule has 2 aliphatic heterocycles. The van der Waals surface area contributed by atoms with Crippen LogP contribution in [0, 0.1) is 17.1 Å². The molecule has 1 atom stereocenters. The summed E-state index contributed by atoms with van der Waals surface area (Å²) in [5, 5.41) is 11.2. The van der Waals surface area contributed by atoms with Gasteiger partial charge >= 0.3 is 6.09 Å². The number of rotatable bonds is 6. The number of nitrogens with zero attached hydrogens (tertiary/aromatic N) is 3. The van der Waals surface area contributed by atoms with Gasteiger partial charge in [-0.05, 0) is 31.0 Å². The Bertz CT molecular complexity index is 845. The third kappa shape index (κ3) is 5.18. The van der Waals surface area contributed by atoms with E-state index in [9.17, 15) is 14.0 Å². The lowest BCUT2D eigenvalue weighted by molar-refractivity contribution is -0.119. The number of carbonyl (C=O) groups is 2. The number of carbonyl (C=O) groups excluding carboxylic acids is 2. The van der Waals surface area contributed by atoms with E-state index in [1.807, 2.05) is 11.0 Å². The van der Waals surface area contributed by atoms with E-state index in [2.05, 4.69) is 11.4 Å². The van der Waals surface area contributed by atoms with Crippen molar-refractivity contribution in [2.24, 2.45) is 0 Å². The summed E-state index contributed by atoms with van der Waals surface area (Å²) >= 11 is 5.43. The van der Waals surface area contributed by atoms with Crippen molar-refractivity contribution in [2.45, 2.75) is 25.4 Å². The number of amides is 2. The molecule has 0 spiro atoms. The zero-order valence-corrected chi connectivity index (χ0v) is 16.6. The highest BCUT2D eigenvalue weighted by molar-refractivity contribution is 6.27. The molecule has 0 saturated carbocycles. The Balaban J connectivity index is 1.62. The molecule has 0 unspecified atom stereocenters. The summed E-state index contributed by atoms with van der Waals surface area (Å²) in [5.41, 5.74) is 2.13. The highest BCUT2D eigenvalue weighted by Gasteiger charge is 2.33. The molecule has 3 rings (SSSR count). The van der Waals surface area contributed by atoms with Crippen LogP contribution in [0.4, 0.5) is 20.6 Å². The van der Waals surface area contributed by atoms with Crippen LogP contribution in [0.3, 0.4) is 0 Å². The number of allylic oxidation sites excluding steroid dienone is 1. The van der Waals surface area contributed by atoms with Crippen molar-refractivity contribution in [1.29, 1.82) is 5.26 Å². The van der Waals surface area contributed by atoms with Gasteiger partial charge in [0.05, 0.1) is 37.0 Å². The minimum Gasteiger partial charge on any atom is -0.442 e. The summed E-state index contributed by atoms with van der Waals surface area (Å²) in [4.78, 5) is 26.7. The number of nitrogens with one attached hydrogen (secondary N) is 1. The van der Waals surface area contributed by atoms with E-state index >= 15 is 0 Å². The molecule has 0 aliphatic carbocycles. The minimum atomic E-state index is -0.576. The number of halogens is 2. The summed E-state index contributed by atoms with van der Waals surface area (Å²) in [7, 11) is 0. The van der Waals surface area contributed by atoms with Crippen molar-refractivity contribution in [3.8, 4) is 6.07 Å². The van der Waals surface area contributed by atoms with Crippen LogP contribution in [0.5, 0.6) is 0 Å². The number of cyclic esters (lactones) is 1. The molecule has 9 heteroatoms. The number of hydrogen-bond donors (Lipinski definition) is 1. The second-order valence-corrected chi connectivity index (χ2v) is 7.17. The van der Waals surface area contributed by atoms with E-state index in [0.29, 0.717) is 30.9 Å². The van der Waals surface area contributed by atoms with Gasteiger partial charge in [-0.3, -0.25) is 9.69 Å². The highest BCUT2D eigenvalue weighted by atomic mass is 35.5. The standard InChI is InChI=1S/C20H22ClFN4O3/c21-11-19(27)24-12-16-13-26(20(28)29-16)15-3-4-18(17(22)10-15)25-8-5-14(6-9-25)2-1-7-23/h2-4,10,16H,1,5-6,8-9,11-13H2,(H,24,27)/t16-/m0/s1. The van der Waals surface area contributed by atoms with Crippen LogP contribution >= 0.6 is 11.6 Å². The second kappa shape index (κ2) is 9.61. The van der Waals surface area contributed by atoms with Crippen molar-refractivity contribution in [2.75, 3.05) is 41.9 Å². The first kappa shape index (κ1) is 20.9. The molecule has 0 aromatic heterocycles. The van der Waals surface area contributed by atoms with Gasteiger partial charge in [0.15, 0.2) is 0 Å². The average Bonchev–Trinajstić information content (AvgIpc) is 3.11. The number of alkyl halides is 1. The van der Waals surface area contributed by atoms with Crippen LogP contribution < -0.4 is 15.1 Å². The van der Waals surface area contributed by atoms with Gasteiger partial charge in [0.2, 0.25) is 5.91 Å². The topological polar surface area (TPSA) is 85.7 Å². The molecule has 2 fully saturated rings. The summed E-state index contributed by atoms with van der Waals surface area (Å²) in [5.74, 6) is -0.911. The first-order chi connectivity index (χ1) is 14.0. The number of hydrogen-bond acceptors (Lipinski definition) is 5. The van der Waals surface area contributed by atoms with Gasteiger partial charge in [0.1, 0.15) is 17.8 Å². The molecule has 1 aromatic rings. The first-order valence-electron chi connectivity index (χ1n) is 9.42. The van der Waals surface area contributed by atoms with Gasteiger partial charge in [0, 0.05) is 13.1 Å². The molecular weight excluding hydrogens is 399 g/mol. The molecule has 2 aliphatic rings. The smallest absolute Gasteiger partial charge is 0.414 e. The third-order valence-electron chi connectivity index (χ3n) is 4.99. The predicted octanol–water partition coefficient (Wildman–Crippen LogP) is 2.95. The van der Waals surface area contributed by atoms with Gasteiger partial charge < -0.3 is 15.0 Å². The maximum atomic E-state index is 14.8. The van der Waals surface area contributed by atoms with E-state index in [4.69, 9.17) is 21.6 Å². The Kier molecular flexibility index (Phi) is 6.94. The van der Waals surface area contributed by atoms with Crippen molar-refractivity contribution in [1.82, 2.24) is 5.32 Å². The van der Waals surface area contributed by atoms with Crippen LogP contribution in [-0.2, 0) is 9.53 Å². The fraction of sp³-hybridized carbons (Fsp3) is 0.450. The Hall–Kier alpha value is -2.79. The van der Waals surface area contributed by atoms with Crippen LogP contribution in [0.15, 0.2) is 29.8 Å². The van der Waals surface area contributed by atoms with Crippen molar-refractivity contribution in [3.05, 3.63) is 35.7 Å². The molecule has 154 valence electrons. The molecule has 7 nitrogen and oxygen atoms in total.